The van der Waals surface area contributed by atoms with E-state index >= 15 is 0 Å². The fraction of sp³-hybridized carbons (Fsp3) is 0.714. The first-order valence-corrected chi connectivity index (χ1v) is 10.0. The van der Waals surface area contributed by atoms with Crippen LogP contribution in [0.25, 0.3) is 0 Å². The molecule has 26 heavy (non-hydrogen) atoms. The van der Waals surface area contributed by atoms with Gasteiger partial charge in [0.1, 0.15) is 5.76 Å². The van der Waals surface area contributed by atoms with Gasteiger partial charge in [-0.1, -0.05) is 44.4 Å². The SMILES string of the molecule is CCCCCCCC(=O)OCCCCC#C/C=C1\OC(=O)N2CCC[C@@H]12. The largest absolute Gasteiger partial charge is 0.466 e. The molecule has 0 bridgehead atoms. The number of hydrogen-bond donors (Lipinski definition) is 0. The van der Waals surface area contributed by atoms with Crippen LogP contribution < -0.4 is 0 Å². The Bertz CT molecular complexity index is 558. The number of esters is 1. The lowest BCUT2D eigenvalue weighted by Crippen LogP contribution is -2.26. The molecule has 144 valence electrons. The van der Waals surface area contributed by atoms with Gasteiger partial charge in [-0.3, -0.25) is 9.69 Å². The Balaban J connectivity index is 1.50. The highest BCUT2D eigenvalue weighted by molar-refractivity contribution is 5.73. The number of fused-ring (bicyclic) bond motifs is 1. The van der Waals surface area contributed by atoms with Crippen molar-refractivity contribution in [2.24, 2.45) is 0 Å². The molecule has 0 N–H and O–H groups in total. The number of unbranched alkanes of at least 4 members (excludes halogenated alkanes) is 6. The third-order valence-corrected chi connectivity index (χ3v) is 4.78. The van der Waals surface area contributed by atoms with Gasteiger partial charge in [0, 0.05) is 25.5 Å². The van der Waals surface area contributed by atoms with Crippen LogP contribution in [0, 0.1) is 11.8 Å². The average molecular weight is 361 g/mol. The smallest absolute Gasteiger partial charge is 0.415 e. The number of carbonyl (C=O) groups excluding carboxylic acids is 2. The Hall–Kier alpha value is -1.96. The third-order valence-electron chi connectivity index (χ3n) is 4.78. The molecule has 1 amide bonds. The number of cyclic esters (lactones) is 1. The van der Waals surface area contributed by atoms with E-state index in [-0.39, 0.29) is 18.1 Å². The molecule has 2 aliphatic rings. The summed E-state index contributed by atoms with van der Waals surface area (Å²) >= 11 is 0. The van der Waals surface area contributed by atoms with E-state index in [0.29, 0.717) is 18.8 Å². The van der Waals surface area contributed by atoms with Gasteiger partial charge in [0.05, 0.1) is 12.6 Å². The average Bonchev–Trinajstić information content (AvgIpc) is 3.22. The maximum absolute atomic E-state index is 11.6. The quantitative estimate of drug-likeness (QED) is 0.325. The maximum atomic E-state index is 11.6. The van der Waals surface area contributed by atoms with Crippen molar-refractivity contribution < 1.29 is 19.1 Å². The van der Waals surface area contributed by atoms with Gasteiger partial charge in [-0.2, -0.15) is 0 Å². The van der Waals surface area contributed by atoms with Gasteiger partial charge in [0.2, 0.25) is 0 Å². The molecule has 0 aromatic carbocycles. The summed E-state index contributed by atoms with van der Waals surface area (Å²) in [6.07, 6.45) is 12.2. The van der Waals surface area contributed by atoms with Crippen LogP contribution in [-0.2, 0) is 14.3 Å². The topological polar surface area (TPSA) is 55.8 Å². The number of amides is 1. The number of allylic oxidation sites excluding steroid dienone is 1. The van der Waals surface area contributed by atoms with Crippen molar-refractivity contribution in [1.82, 2.24) is 4.90 Å². The van der Waals surface area contributed by atoms with Gasteiger partial charge in [-0.25, -0.2) is 4.79 Å². The van der Waals surface area contributed by atoms with Crippen LogP contribution in [0.1, 0.15) is 77.6 Å². The zero-order valence-corrected chi connectivity index (χ0v) is 15.9. The van der Waals surface area contributed by atoms with E-state index in [9.17, 15) is 9.59 Å². The first-order chi connectivity index (χ1) is 12.7. The Morgan fingerprint density at radius 2 is 2.12 bits per heavy atom. The first-order valence-electron chi connectivity index (χ1n) is 10.0. The lowest BCUT2D eigenvalue weighted by molar-refractivity contribution is -0.143. The van der Waals surface area contributed by atoms with E-state index < -0.39 is 0 Å². The minimum absolute atomic E-state index is 0.0820. The van der Waals surface area contributed by atoms with Crippen molar-refractivity contribution in [3.05, 3.63) is 11.8 Å². The summed E-state index contributed by atoms with van der Waals surface area (Å²) in [6, 6.07) is 0.0955. The summed E-state index contributed by atoms with van der Waals surface area (Å²) < 4.78 is 10.5. The normalized spacial score (nSPS) is 19.9. The Morgan fingerprint density at radius 3 is 2.96 bits per heavy atom. The lowest BCUT2D eigenvalue weighted by Gasteiger charge is -2.08. The Kier molecular flexibility index (Phi) is 9.09. The molecule has 2 fully saturated rings. The Labute approximate surface area is 157 Å². The summed E-state index contributed by atoms with van der Waals surface area (Å²) in [4.78, 5) is 25.0. The van der Waals surface area contributed by atoms with Gasteiger partial charge < -0.3 is 9.47 Å². The zero-order chi connectivity index (χ0) is 18.6. The predicted molar refractivity (Wildman–Crippen MR) is 100 cm³/mol. The first kappa shape index (κ1) is 20.4. The van der Waals surface area contributed by atoms with Gasteiger partial charge in [-0.15, -0.1) is 0 Å². The molecule has 0 aliphatic carbocycles. The van der Waals surface area contributed by atoms with Crippen molar-refractivity contribution in [2.75, 3.05) is 13.2 Å². The Morgan fingerprint density at radius 1 is 1.27 bits per heavy atom. The van der Waals surface area contributed by atoms with E-state index in [1.807, 2.05) is 0 Å². The predicted octanol–water partition coefficient (Wildman–Crippen LogP) is 4.56. The van der Waals surface area contributed by atoms with Crippen molar-refractivity contribution in [3.8, 4) is 11.8 Å². The highest BCUT2D eigenvalue weighted by Crippen LogP contribution is 2.31. The molecule has 2 rings (SSSR count). The summed E-state index contributed by atoms with van der Waals surface area (Å²) in [5, 5.41) is 0. The minimum Gasteiger partial charge on any atom is -0.466 e. The second kappa shape index (κ2) is 11.6. The van der Waals surface area contributed by atoms with Crippen LogP contribution >= 0.6 is 0 Å². The molecule has 2 aliphatic heterocycles. The van der Waals surface area contributed by atoms with Gasteiger partial charge in [0.15, 0.2) is 0 Å². The van der Waals surface area contributed by atoms with Crippen LogP contribution in [0.15, 0.2) is 11.8 Å². The zero-order valence-electron chi connectivity index (χ0n) is 15.9. The fourth-order valence-corrected chi connectivity index (χ4v) is 3.27. The summed E-state index contributed by atoms with van der Waals surface area (Å²) in [5.74, 6) is 6.66. The molecule has 5 heteroatoms. The van der Waals surface area contributed by atoms with Gasteiger partial charge >= 0.3 is 12.1 Å². The van der Waals surface area contributed by atoms with Crippen LogP contribution in [0.5, 0.6) is 0 Å². The molecule has 5 nitrogen and oxygen atoms in total. The van der Waals surface area contributed by atoms with Crippen LogP contribution in [0.3, 0.4) is 0 Å². The van der Waals surface area contributed by atoms with Crippen LogP contribution in [0.2, 0.25) is 0 Å². The van der Waals surface area contributed by atoms with Gasteiger partial charge in [0.25, 0.3) is 0 Å². The molecule has 2 heterocycles. The number of rotatable bonds is 10. The maximum Gasteiger partial charge on any atom is 0.415 e. The second-order valence-electron chi connectivity index (χ2n) is 6.93. The van der Waals surface area contributed by atoms with E-state index in [2.05, 4.69) is 18.8 Å². The summed E-state index contributed by atoms with van der Waals surface area (Å²) in [5.41, 5.74) is 0. The third kappa shape index (κ3) is 6.74. The molecular formula is C21H31NO4. The molecule has 1 atom stereocenters. The summed E-state index contributed by atoms with van der Waals surface area (Å²) in [6.45, 7) is 3.44. The van der Waals surface area contributed by atoms with Crippen molar-refractivity contribution in [1.29, 1.82) is 0 Å². The van der Waals surface area contributed by atoms with Crippen molar-refractivity contribution in [3.63, 3.8) is 0 Å². The lowest BCUT2D eigenvalue weighted by atomic mass is 10.1. The summed E-state index contributed by atoms with van der Waals surface area (Å²) in [7, 11) is 0. The van der Waals surface area contributed by atoms with Crippen molar-refractivity contribution in [2.45, 2.75) is 83.6 Å². The molecule has 0 aromatic rings. The number of nitrogens with zero attached hydrogens (tertiary/aromatic N) is 1. The molecule has 0 radical (unpaired) electrons. The number of ether oxygens (including phenoxy) is 2. The molecule has 0 saturated carbocycles. The van der Waals surface area contributed by atoms with Gasteiger partial charge in [-0.05, 0) is 32.1 Å². The van der Waals surface area contributed by atoms with Crippen LogP contribution in [0.4, 0.5) is 4.79 Å². The molecule has 0 unspecified atom stereocenters. The standard InChI is InChI=1S/C21H31NO4/c1-2-3-4-6-10-15-20(23)25-17-11-8-5-7-9-14-19-18-13-12-16-22(18)21(24)26-19/h14,18H,2-6,8,10-13,15-17H2,1H3/b19-14-/t18-/m0/s1. The molecule has 0 aromatic heterocycles. The number of hydrogen-bond acceptors (Lipinski definition) is 4. The second-order valence-corrected chi connectivity index (χ2v) is 6.93. The minimum atomic E-state index is -0.243. The highest BCUT2D eigenvalue weighted by Gasteiger charge is 2.40. The highest BCUT2D eigenvalue weighted by atomic mass is 16.6. The molecular weight excluding hydrogens is 330 g/mol. The van der Waals surface area contributed by atoms with E-state index in [1.54, 1.807) is 11.0 Å². The van der Waals surface area contributed by atoms with Crippen LogP contribution in [-0.4, -0.2) is 36.2 Å². The monoisotopic (exact) mass is 361 g/mol. The van der Waals surface area contributed by atoms with E-state index in [0.717, 1.165) is 51.5 Å². The molecule has 0 spiro atoms. The number of carbonyl (C=O) groups is 2. The van der Waals surface area contributed by atoms with Crippen molar-refractivity contribution >= 4 is 12.1 Å². The van der Waals surface area contributed by atoms with E-state index in [4.69, 9.17) is 9.47 Å². The molecule has 2 saturated heterocycles. The fourth-order valence-electron chi connectivity index (χ4n) is 3.27. The van der Waals surface area contributed by atoms with E-state index in [1.165, 1.54) is 19.3 Å².